The van der Waals surface area contributed by atoms with E-state index in [4.69, 9.17) is 0 Å². The van der Waals surface area contributed by atoms with Crippen molar-refractivity contribution in [3.8, 4) is 0 Å². The number of halogens is 1. The molecule has 0 saturated heterocycles. The first-order chi connectivity index (χ1) is 11.0. The quantitative estimate of drug-likeness (QED) is 0.766. The highest BCUT2D eigenvalue weighted by Gasteiger charge is 2.09. The minimum Gasteiger partial charge on any atom is -0.370 e. The summed E-state index contributed by atoms with van der Waals surface area (Å²) in [7, 11) is 4.03. The molecule has 6 nitrogen and oxygen atoms in total. The van der Waals surface area contributed by atoms with Gasteiger partial charge in [0.05, 0.1) is 0 Å². The second kappa shape index (κ2) is 8.19. The average Bonchev–Trinajstić information content (AvgIpc) is 2.54. The Morgan fingerprint density at radius 3 is 2.65 bits per heavy atom. The van der Waals surface area contributed by atoms with Gasteiger partial charge in [0.25, 0.3) is 5.91 Å². The van der Waals surface area contributed by atoms with Crippen molar-refractivity contribution in [1.29, 1.82) is 0 Å². The van der Waals surface area contributed by atoms with Gasteiger partial charge in [0.1, 0.15) is 23.7 Å². The Morgan fingerprint density at radius 1 is 1.22 bits per heavy atom. The van der Waals surface area contributed by atoms with Crippen molar-refractivity contribution in [2.45, 2.75) is 6.42 Å². The standard InChI is InChI=1S/C16H20FN5O/c1-22(2)9-3-8-18-15-10-14(19-11-20-15)16(23)21-13-6-4-12(17)5-7-13/h4-7,10-11H,3,8-9H2,1-2H3,(H,21,23)(H,18,19,20). The van der Waals surface area contributed by atoms with Crippen molar-refractivity contribution in [3.05, 3.63) is 48.2 Å². The molecule has 1 aromatic heterocycles. The summed E-state index contributed by atoms with van der Waals surface area (Å²) >= 11 is 0. The van der Waals surface area contributed by atoms with E-state index in [1.807, 2.05) is 14.1 Å². The number of benzene rings is 1. The van der Waals surface area contributed by atoms with Gasteiger partial charge >= 0.3 is 0 Å². The zero-order chi connectivity index (χ0) is 16.7. The fraction of sp³-hybridized carbons (Fsp3) is 0.312. The van der Waals surface area contributed by atoms with Gasteiger partial charge in [-0.05, 0) is 51.3 Å². The average molecular weight is 317 g/mol. The third kappa shape index (κ3) is 5.63. The van der Waals surface area contributed by atoms with E-state index >= 15 is 0 Å². The maximum Gasteiger partial charge on any atom is 0.274 e. The predicted molar refractivity (Wildman–Crippen MR) is 88.0 cm³/mol. The predicted octanol–water partition coefficient (Wildman–Crippen LogP) is 2.23. The fourth-order valence-electron chi connectivity index (χ4n) is 1.92. The van der Waals surface area contributed by atoms with E-state index in [1.165, 1.54) is 30.6 Å². The number of hydrogen-bond acceptors (Lipinski definition) is 5. The van der Waals surface area contributed by atoms with Gasteiger partial charge in [-0.15, -0.1) is 0 Å². The molecule has 0 spiro atoms. The van der Waals surface area contributed by atoms with Crippen molar-refractivity contribution < 1.29 is 9.18 Å². The van der Waals surface area contributed by atoms with Gasteiger partial charge in [-0.3, -0.25) is 4.79 Å². The lowest BCUT2D eigenvalue weighted by Crippen LogP contribution is -2.17. The smallest absolute Gasteiger partial charge is 0.274 e. The lowest BCUT2D eigenvalue weighted by atomic mass is 10.3. The second-order valence-electron chi connectivity index (χ2n) is 5.33. The third-order valence-corrected chi connectivity index (χ3v) is 3.09. The molecule has 23 heavy (non-hydrogen) atoms. The molecule has 122 valence electrons. The molecule has 0 unspecified atom stereocenters. The van der Waals surface area contributed by atoms with Crippen molar-refractivity contribution >= 4 is 17.4 Å². The highest BCUT2D eigenvalue weighted by Crippen LogP contribution is 2.11. The molecule has 0 aliphatic heterocycles. The molecule has 0 bridgehead atoms. The molecule has 2 N–H and O–H groups in total. The molecule has 1 amide bonds. The molecule has 0 fully saturated rings. The van der Waals surface area contributed by atoms with Crippen LogP contribution in [0, 0.1) is 5.82 Å². The van der Waals surface area contributed by atoms with Gasteiger partial charge in [-0.2, -0.15) is 0 Å². The Balaban J connectivity index is 1.92. The molecule has 2 rings (SSSR count). The molecule has 1 heterocycles. The number of amides is 1. The second-order valence-corrected chi connectivity index (χ2v) is 5.33. The van der Waals surface area contributed by atoms with Crippen LogP contribution in [0.1, 0.15) is 16.9 Å². The van der Waals surface area contributed by atoms with Crippen molar-refractivity contribution in [2.75, 3.05) is 37.8 Å². The minimum absolute atomic E-state index is 0.249. The van der Waals surface area contributed by atoms with Gasteiger partial charge in [-0.1, -0.05) is 0 Å². The number of nitrogens with zero attached hydrogens (tertiary/aromatic N) is 3. The normalized spacial score (nSPS) is 10.6. The summed E-state index contributed by atoms with van der Waals surface area (Å²) in [5.41, 5.74) is 0.759. The van der Waals surface area contributed by atoms with Crippen molar-refractivity contribution in [1.82, 2.24) is 14.9 Å². The summed E-state index contributed by atoms with van der Waals surface area (Å²) in [5, 5.41) is 5.82. The molecule has 0 aliphatic rings. The van der Waals surface area contributed by atoms with E-state index in [1.54, 1.807) is 6.07 Å². The van der Waals surface area contributed by atoms with E-state index in [0.717, 1.165) is 19.5 Å². The molecule has 0 atom stereocenters. The first-order valence-corrected chi connectivity index (χ1v) is 7.32. The lowest BCUT2D eigenvalue weighted by molar-refractivity contribution is 0.102. The number of hydrogen-bond donors (Lipinski definition) is 2. The lowest BCUT2D eigenvalue weighted by Gasteiger charge is -2.10. The van der Waals surface area contributed by atoms with E-state index in [-0.39, 0.29) is 17.4 Å². The molecular weight excluding hydrogens is 297 g/mol. The molecule has 2 aromatic rings. The zero-order valence-corrected chi connectivity index (χ0v) is 13.2. The van der Waals surface area contributed by atoms with Crippen molar-refractivity contribution in [3.63, 3.8) is 0 Å². The Labute approximate surface area is 134 Å². The van der Waals surface area contributed by atoms with Crippen LogP contribution in [0.5, 0.6) is 0 Å². The Kier molecular flexibility index (Phi) is 5.99. The number of carbonyl (C=O) groups excluding carboxylic acids is 1. The summed E-state index contributed by atoms with van der Waals surface area (Å²) in [6.07, 6.45) is 2.31. The number of aromatic nitrogens is 2. The Bertz CT molecular complexity index is 645. The van der Waals surface area contributed by atoms with Gasteiger partial charge in [0.15, 0.2) is 0 Å². The van der Waals surface area contributed by atoms with Gasteiger partial charge < -0.3 is 15.5 Å². The first-order valence-electron chi connectivity index (χ1n) is 7.32. The monoisotopic (exact) mass is 317 g/mol. The minimum atomic E-state index is -0.365. The van der Waals surface area contributed by atoms with Gasteiger partial charge in [0.2, 0.25) is 0 Å². The molecule has 0 radical (unpaired) electrons. The van der Waals surface area contributed by atoms with Crippen LogP contribution in [-0.4, -0.2) is 48.0 Å². The molecule has 0 saturated carbocycles. The van der Waals surface area contributed by atoms with Crippen LogP contribution in [0.4, 0.5) is 15.9 Å². The van der Waals surface area contributed by atoms with Crippen LogP contribution in [0.25, 0.3) is 0 Å². The third-order valence-electron chi connectivity index (χ3n) is 3.09. The summed E-state index contributed by atoms with van der Waals surface area (Å²) in [6, 6.07) is 7.15. The van der Waals surface area contributed by atoms with E-state index in [9.17, 15) is 9.18 Å². The van der Waals surface area contributed by atoms with Crippen LogP contribution in [0.3, 0.4) is 0 Å². The Morgan fingerprint density at radius 2 is 1.96 bits per heavy atom. The maximum absolute atomic E-state index is 12.9. The fourth-order valence-corrected chi connectivity index (χ4v) is 1.92. The summed E-state index contributed by atoms with van der Waals surface area (Å²) in [4.78, 5) is 22.3. The topological polar surface area (TPSA) is 70.2 Å². The van der Waals surface area contributed by atoms with Crippen LogP contribution < -0.4 is 10.6 Å². The van der Waals surface area contributed by atoms with Crippen LogP contribution in [-0.2, 0) is 0 Å². The van der Waals surface area contributed by atoms with E-state index < -0.39 is 0 Å². The van der Waals surface area contributed by atoms with E-state index in [2.05, 4.69) is 25.5 Å². The summed E-state index contributed by atoms with van der Waals surface area (Å²) < 4.78 is 12.9. The number of nitrogens with one attached hydrogen (secondary N) is 2. The largest absolute Gasteiger partial charge is 0.370 e. The van der Waals surface area contributed by atoms with Crippen LogP contribution in [0.2, 0.25) is 0 Å². The SMILES string of the molecule is CN(C)CCCNc1cc(C(=O)Nc2ccc(F)cc2)ncn1. The molecular formula is C16H20FN5O. The number of rotatable bonds is 7. The molecule has 0 aliphatic carbocycles. The first kappa shape index (κ1) is 16.8. The van der Waals surface area contributed by atoms with E-state index in [0.29, 0.717) is 11.5 Å². The zero-order valence-electron chi connectivity index (χ0n) is 13.2. The number of anilines is 2. The van der Waals surface area contributed by atoms with Gasteiger partial charge in [-0.25, -0.2) is 14.4 Å². The molecule has 7 heteroatoms. The highest BCUT2D eigenvalue weighted by molar-refractivity contribution is 6.03. The highest BCUT2D eigenvalue weighted by atomic mass is 19.1. The molecule has 1 aromatic carbocycles. The maximum atomic E-state index is 12.9. The van der Waals surface area contributed by atoms with Crippen LogP contribution >= 0.6 is 0 Å². The van der Waals surface area contributed by atoms with Crippen LogP contribution in [0.15, 0.2) is 36.7 Å². The summed E-state index contributed by atoms with van der Waals surface area (Å²) in [5.74, 6) is -0.118. The number of carbonyl (C=O) groups is 1. The summed E-state index contributed by atoms with van der Waals surface area (Å²) in [6.45, 7) is 1.73. The Hall–Kier alpha value is -2.54. The van der Waals surface area contributed by atoms with Crippen molar-refractivity contribution in [2.24, 2.45) is 0 Å². The van der Waals surface area contributed by atoms with Gasteiger partial charge in [0, 0.05) is 18.3 Å².